The van der Waals surface area contributed by atoms with Gasteiger partial charge in [0, 0.05) is 0 Å². The Hall–Kier alpha value is -0.930. The number of rotatable bonds is 1. The monoisotopic (exact) mass is 100 g/mol. The van der Waals surface area contributed by atoms with Gasteiger partial charge in [-0.3, -0.25) is 0 Å². The van der Waals surface area contributed by atoms with Crippen LogP contribution in [0.3, 0.4) is 0 Å². The zero-order chi connectivity index (χ0) is 5.49. The van der Waals surface area contributed by atoms with Crippen LogP contribution >= 0.6 is 0 Å². The predicted molar refractivity (Wildman–Crippen MR) is 20.9 cm³/mol. The van der Waals surface area contributed by atoms with Gasteiger partial charge in [-0.2, -0.15) is 0 Å². The van der Waals surface area contributed by atoms with Crippen LogP contribution in [0.15, 0.2) is 10.2 Å². The third-order valence-corrected chi connectivity index (χ3v) is 0.805. The number of carboxylic acids is 1. The minimum atomic E-state index is -1.08. The molecule has 0 radical (unpaired) electrons. The first-order valence-electron chi connectivity index (χ1n) is 1.82. The van der Waals surface area contributed by atoms with Crippen LogP contribution in [-0.2, 0) is 4.79 Å². The van der Waals surface area contributed by atoms with E-state index >= 15 is 0 Å². The van der Waals surface area contributed by atoms with Gasteiger partial charge < -0.3 is 5.11 Å². The van der Waals surface area contributed by atoms with Crippen molar-refractivity contribution in [2.45, 2.75) is 12.6 Å². The molecule has 0 aromatic rings. The van der Waals surface area contributed by atoms with Crippen LogP contribution in [0.1, 0.15) is 6.92 Å². The van der Waals surface area contributed by atoms with Crippen LogP contribution in [-0.4, -0.2) is 16.7 Å². The molecule has 0 amide bonds. The number of aliphatic carboxylic acids is 1. The summed E-state index contributed by atoms with van der Waals surface area (Å²) >= 11 is 0. The number of hydrogen-bond acceptors (Lipinski definition) is 3. The SMILES string of the molecule is CC1(C(=O)O)N=N1. The summed E-state index contributed by atoms with van der Waals surface area (Å²) in [7, 11) is 0. The highest BCUT2D eigenvalue weighted by atomic mass is 16.4. The Morgan fingerprint density at radius 1 is 1.71 bits per heavy atom. The Labute approximate surface area is 39.9 Å². The Morgan fingerprint density at radius 2 is 2.14 bits per heavy atom. The van der Waals surface area contributed by atoms with Gasteiger partial charge in [-0.25, -0.2) is 4.79 Å². The van der Waals surface area contributed by atoms with Crippen molar-refractivity contribution in [3.63, 3.8) is 0 Å². The highest BCUT2D eigenvalue weighted by Crippen LogP contribution is 2.26. The molecule has 4 heteroatoms. The Morgan fingerprint density at radius 3 is 2.14 bits per heavy atom. The fourth-order valence-electron chi connectivity index (χ4n) is 0.161. The van der Waals surface area contributed by atoms with E-state index in [4.69, 9.17) is 5.11 Å². The van der Waals surface area contributed by atoms with Gasteiger partial charge in [-0.15, -0.1) is 10.2 Å². The van der Waals surface area contributed by atoms with E-state index in [0.717, 1.165) is 0 Å². The largest absolute Gasteiger partial charge is 0.478 e. The molecule has 1 heterocycles. The lowest BCUT2D eigenvalue weighted by Gasteiger charge is -1.88. The normalized spacial score (nSPS) is 21.9. The molecular weight excluding hydrogens is 96.0 g/mol. The maximum absolute atomic E-state index is 9.90. The van der Waals surface area contributed by atoms with E-state index in [0.29, 0.717) is 0 Å². The summed E-state index contributed by atoms with van der Waals surface area (Å²) in [6.45, 7) is 1.44. The van der Waals surface area contributed by atoms with Crippen LogP contribution < -0.4 is 0 Å². The molecule has 0 unspecified atom stereocenters. The average molecular weight is 100 g/mol. The van der Waals surface area contributed by atoms with E-state index in [9.17, 15) is 4.79 Å². The molecule has 0 saturated carbocycles. The third-order valence-electron chi connectivity index (χ3n) is 0.805. The van der Waals surface area contributed by atoms with Gasteiger partial charge in [0.15, 0.2) is 0 Å². The van der Waals surface area contributed by atoms with Crippen LogP contribution in [0.2, 0.25) is 0 Å². The summed E-state index contributed by atoms with van der Waals surface area (Å²) < 4.78 is 0. The van der Waals surface area contributed by atoms with Gasteiger partial charge in [0.2, 0.25) is 0 Å². The van der Waals surface area contributed by atoms with E-state index in [-0.39, 0.29) is 0 Å². The molecule has 4 nitrogen and oxygen atoms in total. The number of carboxylic acid groups (broad SMARTS) is 1. The second kappa shape index (κ2) is 0.828. The molecule has 0 spiro atoms. The maximum atomic E-state index is 9.90. The van der Waals surface area contributed by atoms with Crippen molar-refractivity contribution in [1.29, 1.82) is 0 Å². The molecule has 7 heavy (non-hydrogen) atoms. The molecule has 1 rings (SSSR count). The molecular formula is C3H4N2O2. The van der Waals surface area contributed by atoms with Crippen molar-refractivity contribution in [2.75, 3.05) is 0 Å². The van der Waals surface area contributed by atoms with Crippen LogP contribution in [0.5, 0.6) is 0 Å². The Balaban J connectivity index is 2.58. The van der Waals surface area contributed by atoms with Crippen molar-refractivity contribution >= 4 is 5.97 Å². The van der Waals surface area contributed by atoms with Crippen LogP contribution in [0, 0.1) is 0 Å². The molecule has 1 aliphatic heterocycles. The second-order valence-electron chi connectivity index (χ2n) is 1.53. The summed E-state index contributed by atoms with van der Waals surface area (Å²) in [5.74, 6) is -0.979. The lowest BCUT2D eigenvalue weighted by atomic mass is 10.3. The van der Waals surface area contributed by atoms with E-state index in [2.05, 4.69) is 10.2 Å². The summed E-state index contributed by atoms with van der Waals surface area (Å²) in [5, 5.41) is 14.6. The zero-order valence-corrected chi connectivity index (χ0v) is 3.75. The van der Waals surface area contributed by atoms with Crippen LogP contribution in [0.4, 0.5) is 0 Å². The molecule has 0 aromatic heterocycles. The fraction of sp³-hybridized carbons (Fsp3) is 0.667. The van der Waals surface area contributed by atoms with Crippen LogP contribution in [0.25, 0.3) is 0 Å². The number of hydrogen-bond donors (Lipinski definition) is 1. The second-order valence-corrected chi connectivity index (χ2v) is 1.53. The van der Waals surface area contributed by atoms with Gasteiger partial charge in [-0.1, -0.05) is 0 Å². The highest BCUT2D eigenvalue weighted by Gasteiger charge is 2.42. The zero-order valence-electron chi connectivity index (χ0n) is 3.75. The van der Waals surface area contributed by atoms with Gasteiger partial charge in [-0.05, 0) is 6.92 Å². The van der Waals surface area contributed by atoms with E-state index in [1.807, 2.05) is 0 Å². The summed E-state index contributed by atoms with van der Waals surface area (Å²) in [5.41, 5.74) is -1.08. The molecule has 1 aliphatic rings. The highest BCUT2D eigenvalue weighted by molar-refractivity contribution is 5.79. The third kappa shape index (κ3) is 0.471. The van der Waals surface area contributed by atoms with Crippen molar-refractivity contribution < 1.29 is 9.90 Å². The summed E-state index contributed by atoms with van der Waals surface area (Å²) in [4.78, 5) is 9.90. The summed E-state index contributed by atoms with van der Waals surface area (Å²) in [6, 6.07) is 0. The lowest BCUT2D eigenvalue weighted by molar-refractivity contribution is -0.139. The maximum Gasteiger partial charge on any atom is 0.357 e. The van der Waals surface area contributed by atoms with Gasteiger partial charge in [0.05, 0.1) is 0 Å². The minimum absolute atomic E-state index is 0.979. The quantitative estimate of drug-likeness (QED) is 0.513. The van der Waals surface area contributed by atoms with E-state index in [1.54, 1.807) is 0 Å². The first kappa shape index (κ1) is 4.23. The van der Waals surface area contributed by atoms with E-state index in [1.165, 1.54) is 6.92 Å². The van der Waals surface area contributed by atoms with Crippen molar-refractivity contribution in [3.05, 3.63) is 0 Å². The molecule has 0 bridgehead atoms. The first-order chi connectivity index (χ1) is 3.15. The average Bonchev–Trinajstić information content (AvgIpc) is 2.21. The molecule has 38 valence electrons. The standard InChI is InChI=1S/C3H4N2O2/c1-3(2(6)7)4-5-3/h1H3,(H,6,7). The Bertz CT molecular complexity index is 134. The topological polar surface area (TPSA) is 62.0 Å². The first-order valence-corrected chi connectivity index (χ1v) is 1.82. The van der Waals surface area contributed by atoms with Crippen molar-refractivity contribution in [1.82, 2.24) is 0 Å². The predicted octanol–water partition coefficient (Wildman–Crippen LogP) is 0.253. The van der Waals surface area contributed by atoms with Gasteiger partial charge in [0.25, 0.3) is 5.66 Å². The molecule has 0 saturated heterocycles. The van der Waals surface area contributed by atoms with E-state index < -0.39 is 11.6 Å². The number of nitrogens with zero attached hydrogens (tertiary/aromatic N) is 2. The molecule has 0 atom stereocenters. The molecule has 0 aromatic carbocycles. The minimum Gasteiger partial charge on any atom is -0.478 e. The Kier molecular flexibility index (Phi) is 0.501. The molecule has 1 N–H and O–H groups in total. The van der Waals surface area contributed by atoms with Gasteiger partial charge in [0.1, 0.15) is 0 Å². The molecule has 0 fully saturated rings. The van der Waals surface area contributed by atoms with Crippen molar-refractivity contribution in [3.8, 4) is 0 Å². The molecule has 0 aliphatic carbocycles. The van der Waals surface area contributed by atoms with Gasteiger partial charge >= 0.3 is 5.97 Å². The number of carbonyl (C=O) groups is 1. The lowest BCUT2D eigenvalue weighted by Crippen LogP contribution is -2.18. The fourth-order valence-corrected chi connectivity index (χ4v) is 0.161. The summed E-state index contributed by atoms with van der Waals surface area (Å²) in [6.07, 6.45) is 0. The van der Waals surface area contributed by atoms with Crippen molar-refractivity contribution in [2.24, 2.45) is 10.2 Å². The smallest absolute Gasteiger partial charge is 0.357 e.